The van der Waals surface area contributed by atoms with Crippen LogP contribution in [-0.2, 0) is 11.2 Å². The van der Waals surface area contributed by atoms with Gasteiger partial charge in [-0.1, -0.05) is 30.3 Å². The Balaban J connectivity index is 2.17. The second-order valence-corrected chi connectivity index (χ2v) is 3.64. The number of hydrogen-bond acceptors (Lipinski definition) is 2. The topological polar surface area (TPSA) is 50.4 Å². The highest BCUT2D eigenvalue weighted by Crippen LogP contribution is 2.16. The van der Waals surface area contributed by atoms with Gasteiger partial charge < -0.3 is 9.52 Å². The third-order valence-electron chi connectivity index (χ3n) is 2.40. The van der Waals surface area contributed by atoms with Crippen LogP contribution in [0.5, 0.6) is 0 Å². The molecule has 1 heterocycles. The Hall–Kier alpha value is -2.29. The molecule has 0 aliphatic rings. The molecule has 1 N–H and O–H groups in total. The van der Waals surface area contributed by atoms with E-state index in [1.54, 1.807) is 6.26 Å². The van der Waals surface area contributed by atoms with Gasteiger partial charge in [0.15, 0.2) is 0 Å². The number of hydrogen-bond donors (Lipinski definition) is 1. The molecule has 0 fully saturated rings. The highest BCUT2D eigenvalue weighted by atomic mass is 16.4. The fraction of sp³-hybridized carbons (Fsp3) is 0.0714. The van der Waals surface area contributed by atoms with E-state index in [2.05, 4.69) is 0 Å². The van der Waals surface area contributed by atoms with Gasteiger partial charge in [0.05, 0.1) is 6.26 Å². The lowest BCUT2D eigenvalue weighted by Gasteiger charge is -1.99. The number of carboxylic acid groups (broad SMARTS) is 1. The zero-order chi connectivity index (χ0) is 12.1. The summed E-state index contributed by atoms with van der Waals surface area (Å²) in [6.45, 7) is 0. The number of furan rings is 1. The SMILES string of the molecule is O=C(O)/C=C/c1occc1Cc1ccccc1. The average molecular weight is 228 g/mol. The van der Waals surface area contributed by atoms with Gasteiger partial charge in [0.25, 0.3) is 0 Å². The zero-order valence-corrected chi connectivity index (χ0v) is 9.17. The summed E-state index contributed by atoms with van der Waals surface area (Å²) in [4.78, 5) is 10.4. The van der Waals surface area contributed by atoms with Gasteiger partial charge in [-0.05, 0) is 17.7 Å². The second-order valence-electron chi connectivity index (χ2n) is 3.64. The lowest BCUT2D eigenvalue weighted by atomic mass is 10.1. The molecule has 2 rings (SSSR count). The Labute approximate surface area is 99.0 Å². The van der Waals surface area contributed by atoms with Crippen LogP contribution in [0.1, 0.15) is 16.9 Å². The van der Waals surface area contributed by atoms with Crippen molar-refractivity contribution >= 4 is 12.0 Å². The highest BCUT2D eigenvalue weighted by molar-refractivity contribution is 5.85. The van der Waals surface area contributed by atoms with E-state index in [1.165, 1.54) is 11.6 Å². The summed E-state index contributed by atoms with van der Waals surface area (Å²) < 4.78 is 5.24. The van der Waals surface area contributed by atoms with Crippen LogP contribution in [0.3, 0.4) is 0 Å². The van der Waals surface area contributed by atoms with Crippen molar-refractivity contribution in [3.05, 3.63) is 65.6 Å². The van der Waals surface area contributed by atoms with Crippen LogP contribution in [0.4, 0.5) is 0 Å². The van der Waals surface area contributed by atoms with Crippen LogP contribution in [0, 0.1) is 0 Å². The molecule has 0 radical (unpaired) electrons. The number of carboxylic acids is 1. The first-order valence-corrected chi connectivity index (χ1v) is 5.27. The van der Waals surface area contributed by atoms with Crippen molar-refractivity contribution in [3.63, 3.8) is 0 Å². The van der Waals surface area contributed by atoms with Gasteiger partial charge in [-0.25, -0.2) is 4.79 Å². The predicted octanol–water partition coefficient (Wildman–Crippen LogP) is 2.97. The summed E-state index contributed by atoms with van der Waals surface area (Å²) in [5, 5.41) is 8.56. The maximum Gasteiger partial charge on any atom is 0.328 e. The van der Waals surface area contributed by atoms with E-state index in [4.69, 9.17) is 9.52 Å². The summed E-state index contributed by atoms with van der Waals surface area (Å²) >= 11 is 0. The maximum absolute atomic E-state index is 10.4. The van der Waals surface area contributed by atoms with Crippen LogP contribution in [0.15, 0.2) is 53.2 Å². The molecule has 0 aliphatic carbocycles. The minimum atomic E-state index is -0.980. The number of rotatable bonds is 4. The Morgan fingerprint density at radius 2 is 2.00 bits per heavy atom. The fourth-order valence-electron chi connectivity index (χ4n) is 1.60. The van der Waals surface area contributed by atoms with E-state index in [1.807, 2.05) is 36.4 Å². The van der Waals surface area contributed by atoms with Crippen LogP contribution in [0.2, 0.25) is 0 Å². The normalized spacial score (nSPS) is 10.8. The summed E-state index contributed by atoms with van der Waals surface area (Å²) in [6, 6.07) is 11.8. The second kappa shape index (κ2) is 5.16. The third-order valence-corrected chi connectivity index (χ3v) is 2.40. The van der Waals surface area contributed by atoms with Gasteiger partial charge in [0, 0.05) is 18.1 Å². The Kier molecular flexibility index (Phi) is 3.40. The lowest BCUT2D eigenvalue weighted by molar-refractivity contribution is -0.131. The summed E-state index contributed by atoms with van der Waals surface area (Å²) in [7, 11) is 0. The van der Waals surface area contributed by atoms with E-state index in [-0.39, 0.29) is 0 Å². The van der Waals surface area contributed by atoms with E-state index < -0.39 is 5.97 Å². The van der Waals surface area contributed by atoms with Gasteiger partial charge >= 0.3 is 5.97 Å². The summed E-state index contributed by atoms with van der Waals surface area (Å²) in [5.41, 5.74) is 2.15. The smallest absolute Gasteiger partial charge is 0.328 e. The van der Waals surface area contributed by atoms with E-state index in [9.17, 15) is 4.79 Å². The molecule has 86 valence electrons. The summed E-state index contributed by atoms with van der Waals surface area (Å²) in [5.74, 6) is -0.386. The molecule has 0 spiro atoms. The molecular weight excluding hydrogens is 216 g/mol. The van der Waals surface area contributed by atoms with Crippen molar-refractivity contribution < 1.29 is 14.3 Å². The standard InChI is InChI=1S/C14H12O3/c15-14(16)7-6-13-12(8-9-17-13)10-11-4-2-1-3-5-11/h1-9H,10H2,(H,15,16)/b7-6+. The molecule has 0 saturated heterocycles. The highest BCUT2D eigenvalue weighted by Gasteiger charge is 2.04. The molecular formula is C14H12O3. The van der Waals surface area contributed by atoms with E-state index in [0.29, 0.717) is 5.76 Å². The van der Waals surface area contributed by atoms with Gasteiger partial charge in [0.1, 0.15) is 5.76 Å². The quantitative estimate of drug-likeness (QED) is 0.818. The zero-order valence-electron chi connectivity index (χ0n) is 9.17. The van der Waals surface area contributed by atoms with Gasteiger partial charge in [0.2, 0.25) is 0 Å². The van der Waals surface area contributed by atoms with Crippen LogP contribution in [-0.4, -0.2) is 11.1 Å². The number of benzene rings is 1. The van der Waals surface area contributed by atoms with Crippen molar-refractivity contribution in [3.8, 4) is 0 Å². The fourth-order valence-corrected chi connectivity index (χ4v) is 1.60. The van der Waals surface area contributed by atoms with Crippen molar-refractivity contribution in [1.82, 2.24) is 0 Å². The summed E-state index contributed by atoms with van der Waals surface area (Å²) in [6.07, 6.45) is 4.85. The van der Waals surface area contributed by atoms with Crippen molar-refractivity contribution in [1.29, 1.82) is 0 Å². The Morgan fingerprint density at radius 1 is 1.24 bits per heavy atom. The minimum Gasteiger partial charge on any atom is -0.478 e. The van der Waals surface area contributed by atoms with E-state index in [0.717, 1.165) is 18.1 Å². The molecule has 2 aromatic rings. The first kappa shape index (κ1) is 11.2. The predicted molar refractivity (Wildman–Crippen MR) is 64.6 cm³/mol. The molecule has 0 atom stereocenters. The molecule has 0 bridgehead atoms. The number of carbonyl (C=O) groups is 1. The van der Waals surface area contributed by atoms with Crippen molar-refractivity contribution in [2.24, 2.45) is 0 Å². The Morgan fingerprint density at radius 3 is 2.71 bits per heavy atom. The largest absolute Gasteiger partial charge is 0.478 e. The minimum absolute atomic E-state index is 0.594. The van der Waals surface area contributed by atoms with Crippen LogP contribution in [0.25, 0.3) is 6.08 Å². The van der Waals surface area contributed by atoms with Crippen LogP contribution < -0.4 is 0 Å². The third kappa shape index (κ3) is 3.08. The first-order chi connectivity index (χ1) is 8.25. The van der Waals surface area contributed by atoms with Crippen molar-refractivity contribution in [2.75, 3.05) is 0 Å². The molecule has 0 unspecified atom stereocenters. The van der Waals surface area contributed by atoms with Gasteiger partial charge in [-0.15, -0.1) is 0 Å². The van der Waals surface area contributed by atoms with Crippen LogP contribution >= 0.6 is 0 Å². The molecule has 0 amide bonds. The molecule has 0 aliphatic heterocycles. The molecule has 17 heavy (non-hydrogen) atoms. The Bertz CT molecular complexity index is 523. The van der Waals surface area contributed by atoms with Crippen molar-refractivity contribution in [2.45, 2.75) is 6.42 Å². The maximum atomic E-state index is 10.4. The number of aliphatic carboxylic acids is 1. The monoisotopic (exact) mass is 228 g/mol. The van der Waals surface area contributed by atoms with Gasteiger partial charge in [-0.2, -0.15) is 0 Å². The molecule has 3 heteroatoms. The van der Waals surface area contributed by atoms with Gasteiger partial charge in [-0.3, -0.25) is 0 Å². The molecule has 1 aromatic carbocycles. The van der Waals surface area contributed by atoms with E-state index >= 15 is 0 Å². The molecule has 3 nitrogen and oxygen atoms in total. The average Bonchev–Trinajstić information content (AvgIpc) is 2.75. The molecule has 0 saturated carbocycles. The molecule has 1 aromatic heterocycles. The lowest BCUT2D eigenvalue weighted by Crippen LogP contribution is -1.89. The first-order valence-electron chi connectivity index (χ1n) is 5.27.